The average molecular weight is 340 g/mol. The van der Waals surface area contributed by atoms with Crippen LogP contribution < -0.4 is 9.47 Å². The minimum Gasteiger partial charge on any atom is -0.465 e. The van der Waals surface area contributed by atoms with E-state index in [1.807, 2.05) is 23.1 Å². The van der Waals surface area contributed by atoms with Crippen LogP contribution >= 0.6 is 0 Å². The zero-order valence-electron chi connectivity index (χ0n) is 13.9. The summed E-state index contributed by atoms with van der Waals surface area (Å²) in [5.41, 5.74) is 1.20. The van der Waals surface area contributed by atoms with Gasteiger partial charge in [-0.05, 0) is 35.9 Å². The predicted octanol–water partition coefficient (Wildman–Crippen LogP) is 2.37. The maximum atomic E-state index is 12.2. The lowest BCUT2D eigenvalue weighted by atomic mass is 10.1. The Hall–Kier alpha value is -2.73. The Morgan fingerprint density at radius 1 is 1.08 bits per heavy atom. The van der Waals surface area contributed by atoms with Crippen LogP contribution in [0.5, 0.6) is 11.5 Å². The number of fused-ring (bicyclic) bond motifs is 1. The number of hydrogen-bond donors (Lipinski definition) is 0. The molecule has 6 nitrogen and oxygen atoms in total. The van der Waals surface area contributed by atoms with Crippen LogP contribution in [0.25, 0.3) is 6.08 Å². The van der Waals surface area contributed by atoms with Crippen LogP contribution in [0.3, 0.4) is 0 Å². The van der Waals surface area contributed by atoms with Crippen LogP contribution in [0.15, 0.2) is 47.1 Å². The lowest BCUT2D eigenvalue weighted by molar-refractivity contribution is -0.127. The molecule has 0 bridgehead atoms. The quantitative estimate of drug-likeness (QED) is 0.800. The third-order valence-corrected chi connectivity index (χ3v) is 4.46. The highest BCUT2D eigenvalue weighted by molar-refractivity contribution is 5.91. The van der Waals surface area contributed by atoms with Crippen molar-refractivity contribution < 1.29 is 18.7 Å². The second kappa shape index (κ2) is 7.03. The standard InChI is InChI=1S/C19H20N2O4/c22-19(6-4-16-2-1-11-23-16)21-9-7-20(8-10-21)13-15-3-5-17-18(12-15)25-14-24-17/h1-6,11-12H,7-10,13-14H2/b6-4+. The number of amides is 1. The van der Waals surface area contributed by atoms with Gasteiger partial charge in [0.25, 0.3) is 0 Å². The summed E-state index contributed by atoms with van der Waals surface area (Å²) in [6, 6.07) is 9.69. The third-order valence-electron chi connectivity index (χ3n) is 4.46. The number of ether oxygens (including phenoxy) is 2. The van der Waals surface area contributed by atoms with Gasteiger partial charge in [-0.15, -0.1) is 0 Å². The lowest BCUT2D eigenvalue weighted by Crippen LogP contribution is -2.47. The Morgan fingerprint density at radius 3 is 2.72 bits per heavy atom. The summed E-state index contributed by atoms with van der Waals surface area (Å²) in [4.78, 5) is 16.5. The summed E-state index contributed by atoms with van der Waals surface area (Å²) in [5, 5.41) is 0. The highest BCUT2D eigenvalue weighted by Crippen LogP contribution is 2.32. The molecule has 1 aromatic heterocycles. The first-order valence-corrected chi connectivity index (χ1v) is 8.39. The van der Waals surface area contributed by atoms with Crippen molar-refractivity contribution in [3.8, 4) is 11.5 Å². The van der Waals surface area contributed by atoms with E-state index in [-0.39, 0.29) is 5.91 Å². The van der Waals surface area contributed by atoms with Gasteiger partial charge in [-0.3, -0.25) is 9.69 Å². The molecule has 2 aliphatic heterocycles. The van der Waals surface area contributed by atoms with E-state index in [4.69, 9.17) is 13.9 Å². The molecule has 0 N–H and O–H groups in total. The number of carbonyl (C=O) groups excluding carboxylic acids is 1. The molecule has 0 atom stereocenters. The van der Waals surface area contributed by atoms with E-state index in [2.05, 4.69) is 11.0 Å². The molecule has 6 heteroatoms. The summed E-state index contributed by atoms with van der Waals surface area (Å²) in [6.07, 6.45) is 4.88. The normalized spacial score (nSPS) is 17.4. The van der Waals surface area contributed by atoms with Gasteiger partial charge in [-0.2, -0.15) is 0 Å². The van der Waals surface area contributed by atoms with Gasteiger partial charge in [0, 0.05) is 38.8 Å². The fourth-order valence-electron chi connectivity index (χ4n) is 3.07. The van der Waals surface area contributed by atoms with Gasteiger partial charge < -0.3 is 18.8 Å². The maximum absolute atomic E-state index is 12.2. The van der Waals surface area contributed by atoms with Crippen molar-refractivity contribution in [2.24, 2.45) is 0 Å². The molecule has 0 spiro atoms. The predicted molar refractivity (Wildman–Crippen MR) is 92.2 cm³/mol. The number of piperazine rings is 1. The molecule has 2 aromatic rings. The van der Waals surface area contributed by atoms with E-state index < -0.39 is 0 Å². The number of nitrogens with zero attached hydrogens (tertiary/aromatic N) is 2. The molecule has 25 heavy (non-hydrogen) atoms. The third kappa shape index (κ3) is 3.69. The average Bonchev–Trinajstić information content (AvgIpc) is 3.31. The van der Waals surface area contributed by atoms with Crippen molar-refractivity contribution in [3.05, 3.63) is 54.0 Å². The van der Waals surface area contributed by atoms with E-state index in [1.54, 1.807) is 24.5 Å². The van der Waals surface area contributed by atoms with Crippen molar-refractivity contribution in [1.82, 2.24) is 9.80 Å². The Labute approximate surface area is 146 Å². The Kier molecular flexibility index (Phi) is 4.43. The van der Waals surface area contributed by atoms with Crippen molar-refractivity contribution in [1.29, 1.82) is 0 Å². The Morgan fingerprint density at radius 2 is 1.92 bits per heavy atom. The highest BCUT2D eigenvalue weighted by atomic mass is 16.7. The van der Waals surface area contributed by atoms with Crippen LogP contribution in [0, 0.1) is 0 Å². The summed E-state index contributed by atoms with van der Waals surface area (Å²) < 4.78 is 16.0. The fourth-order valence-corrected chi connectivity index (χ4v) is 3.07. The molecular formula is C19H20N2O4. The minimum atomic E-state index is 0.0270. The van der Waals surface area contributed by atoms with Crippen molar-refractivity contribution >= 4 is 12.0 Å². The molecule has 0 radical (unpaired) electrons. The second-order valence-corrected chi connectivity index (χ2v) is 6.14. The van der Waals surface area contributed by atoms with Gasteiger partial charge in [-0.25, -0.2) is 0 Å². The van der Waals surface area contributed by atoms with Gasteiger partial charge in [0.15, 0.2) is 11.5 Å². The molecule has 1 saturated heterocycles. The number of hydrogen-bond acceptors (Lipinski definition) is 5. The zero-order chi connectivity index (χ0) is 17.1. The monoisotopic (exact) mass is 340 g/mol. The first kappa shape index (κ1) is 15.8. The molecule has 0 unspecified atom stereocenters. The van der Waals surface area contributed by atoms with Gasteiger partial charge in [-0.1, -0.05) is 6.07 Å². The highest BCUT2D eigenvalue weighted by Gasteiger charge is 2.20. The largest absolute Gasteiger partial charge is 0.465 e. The first-order valence-electron chi connectivity index (χ1n) is 8.39. The molecule has 1 amide bonds. The van der Waals surface area contributed by atoms with E-state index in [0.29, 0.717) is 12.6 Å². The van der Waals surface area contributed by atoms with Gasteiger partial charge >= 0.3 is 0 Å². The molecule has 4 rings (SSSR count). The van der Waals surface area contributed by atoms with Crippen LogP contribution in [0.2, 0.25) is 0 Å². The molecule has 2 aliphatic rings. The molecule has 130 valence electrons. The Bertz CT molecular complexity index is 762. The van der Waals surface area contributed by atoms with Crippen LogP contribution in [-0.4, -0.2) is 48.7 Å². The SMILES string of the molecule is O=C(/C=C/c1ccco1)N1CCN(Cc2ccc3c(c2)OCO3)CC1. The van der Waals surface area contributed by atoms with Crippen molar-refractivity contribution in [3.63, 3.8) is 0 Å². The van der Waals surface area contributed by atoms with Crippen molar-refractivity contribution in [2.45, 2.75) is 6.54 Å². The second-order valence-electron chi connectivity index (χ2n) is 6.14. The fraction of sp³-hybridized carbons (Fsp3) is 0.316. The Balaban J connectivity index is 1.29. The molecule has 1 fully saturated rings. The van der Waals surface area contributed by atoms with E-state index in [0.717, 1.165) is 44.2 Å². The van der Waals surface area contributed by atoms with Gasteiger partial charge in [0.2, 0.25) is 12.7 Å². The zero-order valence-corrected chi connectivity index (χ0v) is 13.9. The number of benzene rings is 1. The number of rotatable bonds is 4. The van der Waals surface area contributed by atoms with Crippen LogP contribution in [0.4, 0.5) is 0 Å². The number of furan rings is 1. The summed E-state index contributed by atoms with van der Waals surface area (Å²) in [5.74, 6) is 2.34. The van der Waals surface area contributed by atoms with E-state index in [9.17, 15) is 4.79 Å². The molecule has 3 heterocycles. The molecule has 0 aliphatic carbocycles. The molecule has 1 aromatic carbocycles. The lowest BCUT2D eigenvalue weighted by Gasteiger charge is -2.34. The van der Waals surface area contributed by atoms with Crippen LogP contribution in [0.1, 0.15) is 11.3 Å². The molecular weight excluding hydrogens is 320 g/mol. The van der Waals surface area contributed by atoms with Gasteiger partial charge in [0.05, 0.1) is 6.26 Å². The minimum absolute atomic E-state index is 0.0270. The van der Waals surface area contributed by atoms with Crippen molar-refractivity contribution in [2.75, 3.05) is 33.0 Å². The topological polar surface area (TPSA) is 55.2 Å². The smallest absolute Gasteiger partial charge is 0.246 e. The summed E-state index contributed by atoms with van der Waals surface area (Å²) in [6.45, 7) is 4.31. The molecule has 0 saturated carbocycles. The first-order chi connectivity index (χ1) is 12.3. The number of carbonyl (C=O) groups is 1. The summed E-state index contributed by atoms with van der Waals surface area (Å²) >= 11 is 0. The van der Waals surface area contributed by atoms with Crippen LogP contribution in [-0.2, 0) is 11.3 Å². The van der Waals surface area contributed by atoms with Gasteiger partial charge in [0.1, 0.15) is 5.76 Å². The van der Waals surface area contributed by atoms with E-state index in [1.165, 1.54) is 5.56 Å². The van der Waals surface area contributed by atoms with E-state index >= 15 is 0 Å². The maximum Gasteiger partial charge on any atom is 0.246 e. The summed E-state index contributed by atoms with van der Waals surface area (Å²) in [7, 11) is 0.